The van der Waals surface area contributed by atoms with Gasteiger partial charge >= 0.3 is 11.9 Å². The number of ether oxygens (including phenoxy) is 2. The van der Waals surface area contributed by atoms with E-state index < -0.39 is 11.5 Å². The molecule has 4 atom stereocenters. The van der Waals surface area contributed by atoms with E-state index in [1.54, 1.807) is 25.8 Å². The van der Waals surface area contributed by atoms with Crippen molar-refractivity contribution in [1.29, 1.82) is 0 Å². The number of rotatable bonds is 4. The number of esters is 2. The summed E-state index contributed by atoms with van der Waals surface area (Å²) in [5, 5.41) is 1.67. The summed E-state index contributed by atoms with van der Waals surface area (Å²) >= 11 is 0. The molecule has 0 bridgehead atoms. The first-order valence-electron chi connectivity index (χ1n) is 8.62. The van der Waals surface area contributed by atoms with E-state index in [9.17, 15) is 9.59 Å². The van der Waals surface area contributed by atoms with Gasteiger partial charge in [-0.3, -0.25) is 14.4 Å². The highest BCUT2D eigenvalue weighted by Crippen LogP contribution is 2.38. The molecule has 25 heavy (non-hydrogen) atoms. The molecule has 2 aliphatic rings. The van der Waals surface area contributed by atoms with Crippen LogP contribution in [0.3, 0.4) is 0 Å². The highest BCUT2D eigenvalue weighted by atomic mass is 16.7. The largest absolute Gasteiger partial charge is 0.462 e. The molecular formula is C19H25NO5. The van der Waals surface area contributed by atoms with Crippen molar-refractivity contribution in [2.45, 2.75) is 52.5 Å². The molecule has 0 aliphatic carbocycles. The molecule has 6 nitrogen and oxygen atoms in total. The van der Waals surface area contributed by atoms with Crippen LogP contribution in [0.25, 0.3) is 0 Å². The highest BCUT2D eigenvalue weighted by Gasteiger charge is 2.56. The number of benzene rings is 1. The molecule has 0 amide bonds. The second-order valence-corrected chi connectivity index (χ2v) is 7.72. The first-order chi connectivity index (χ1) is 11.8. The zero-order valence-corrected chi connectivity index (χ0v) is 15.1. The quantitative estimate of drug-likeness (QED) is 0.779. The zero-order chi connectivity index (χ0) is 18.2. The van der Waals surface area contributed by atoms with E-state index in [0.717, 1.165) is 5.56 Å². The number of nitrogens with zero attached hydrogens (tertiary/aromatic N) is 1. The Labute approximate surface area is 148 Å². The summed E-state index contributed by atoms with van der Waals surface area (Å²) in [7, 11) is 0. The summed E-state index contributed by atoms with van der Waals surface area (Å²) in [6, 6.07) is 9.33. The molecule has 2 saturated heterocycles. The van der Waals surface area contributed by atoms with Crippen LogP contribution in [0.1, 0.15) is 33.3 Å². The van der Waals surface area contributed by atoms with Gasteiger partial charge in [0.1, 0.15) is 24.9 Å². The maximum absolute atomic E-state index is 12.3. The first kappa shape index (κ1) is 17.9. The minimum atomic E-state index is -0.574. The average molecular weight is 347 g/mol. The van der Waals surface area contributed by atoms with Crippen molar-refractivity contribution in [3.8, 4) is 0 Å². The highest BCUT2D eigenvalue weighted by molar-refractivity contribution is 5.79. The Morgan fingerprint density at radius 3 is 2.56 bits per heavy atom. The van der Waals surface area contributed by atoms with E-state index in [0.29, 0.717) is 6.54 Å². The lowest BCUT2D eigenvalue weighted by molar-refractivity contribution is -0.201. The number of carbonyl (C=O) groups is 2. The summed E-state index contributed by atoms with van der Waals surface area (Å²) in [4.78, 5) is 30.3. The summed E-state index contributed by atoms with van der Waals surface area (Å²) in [6.07, 6.45) is -0.655. The number of hydrogen-bond acceptors (Lipinski definition) is 6. The van der Waals surface area contributed by atoms with Crippen LogP contribution in [0.15, 0.2) is 30.3 Å². The van der Waals surface area contributed by atoms with Gasteiger partial charge in [-0.15, -0.1) is 0 Å². The Balaban J connectivity index is 1.72. The van der Waals surface area contributed by atoms with E-state index >= 15 is 0 Å². The van der Waals surface area contributed by atoms with Crippen LogP contribution in [-0.2, 0) is 30.4 Å². The molecule has 2 fully saturated rings. The van der Waals surface area contributed by atoms with Gasteiger partial charge in [-0.05, 0) is 33.3 Å². The van der Waals surface area contributed by atoms with Crippen LogP contribution >= 0.6 is 0 Å². The van der Waals surface area contributed by atoms with Gasteiger partial charge in [0, 0.05) is 0 Å². The van der Waals surface area contributed by atoms with Crippen LogP contribution in [0, 0.1) is 11.3 Å². The Morgan fingerprint density at radius 2 is 1.92 bits per heavy atom. The fraction of sp³-hybridized carbons (Fsp3) is 0.579. The van der Waals surface area contributed by atoms with Crippen LogP contribution in [-0.4, -0.2) is 41.9 Å². The van der Waals surface area contributed by atoms with Crippen molar-refractivity contribution in [2.75, 3.05) is 6.61 Å². The third-order valence-electron chi connectivity index (χ3n) is 4.63. The molecule has 0 saturated carbocycles. The zero-order valence-electron chi connectivity index (χ0n) is 15.1. The predicted octanol–water partition coefficient (Wildman–Crippen LogP) is 2.32. The summed E-state index contributed by atoms with van der Waals surface area (Å²) in [6.45, 7) is 7.87. The summed E-state index contributed by atoms with van der Waals surface area (Å²) in [5.41, 5.74) is 0.468. The van der Waals surface area contributed by atoms with E-state index in [4.69, 9.17) is 14.3 Å². The maximum Gasteiger partial charge on any atom is 0.326 e. The molecule has 3 rings (SSSR count). The first-order valence-corrected chi connectivity index (χ1v) is 8.62. The third kappa shape index (κ3) is 3.70. The van der Waals surface area contributed by atoms with Crippen LogP contribution in [0.5, 0.6) is 0 Å². The molecule has 136 valence electrons. The van der Waals surface area contributed by atoms with E-state index in [1.165, 1.54) is 0 Å². The minimum absolute atomic E-state index is 0.115. The average Bonchev–Trinajstić information content (AvgIpc) is 3.04. The Kier molecular flexibility index (Phi) is 4.84. The maximum atomic E-state index is 12.3. The van der Waals surface area contributed by atoms with E-state index in [-0.39, 0.29) is 36.7 Å². The fourth-order valence-electron chi connectivity index (χ4n) is 3.29. The van der Waals surface area contributed by atoms with Gasteiger partial charge in [0.15, 0.2) is 0 Å². The lowest BCUT2D eigenvalue weighted by Gasteiger charge is -2.22. The van der Waals surface area contributed by atoms with Gasteiger partial charge in [-0.1, -0.05) is 30.3 Å². The second kappa shape index (κ2) is 6.77. The van der Waals surface area contributed by atoms with E-state index in [1.807, 2.05) is 37.3 Å². The van der Waals surface area contributed by atoms with Crippen molar-refractivity contribution >= 4 is 11.9 Å². The standard InChI is InChI=1S/C19H25NO5/c1-12-15-14(11-23-18(22)19(2,3)4)25-20(16(15)17(21)24-12)10-13-8-6-5-7-9-13/h5-9,12,14-16H,10-11H2,1-4H3/t12-,14-,15+,16-/m0/s1. The number of hydrogen-bond donors (Lipinski definition) is 0. The predicted molar refractivity (Wildman–Crippen MR) is 90.1 cm³/mol. The number of cyclic esters (lactones) is 1. The van der Waals surface area contributed by atoms with Crippen molar-refractivity contribution in [3.05, 3.63) is 35.9 Å². The monoisotopic (exact) mass is 347 g/mol. The minimum Gasteiger partial charge on any atom is -0.462 e. The number of fused-ring (bicyclic) bond motifs is 1. The number of hydroxylamine groups is 2. The normalized spacial score (nSPS) is 29.4. The van der Waals surface area contributed by atoms with Gasteiger partial charge in [0.2, 0.25) is 0 Å². The fourth-order valence-corrected chi connectivity index (χ4v) is 3.29. The molecule has 0 unspecified atom stereocenters. The SMILES string of the molecule is C[C@@H]1OC(=O)[C@@H]2[C@H]1[C@H](COC(=O)C(C)(C)C)ON2Cc1ccccc1. The number of carbonyl (C=O) groups excluding carboxylic acids is 2. The molecule has 0 aromatic heterocycles. The Bertz CT molecular complexity index is 639. The molecule has 0 N–H and O–H groups in total. The molecule has 0 radical (unpaired) electrons. The van der Waals surface area contributed by atoms with Crippen LogP contribution in [0.4, 0.5) is 0 Å². The van der Waals surface area contributed by atoms with Gasteiger partial charge in [0.25, 0.3) is 0 Å². The topological polar surface area (TPSA) is 65.1 Å². The van der Waals surface area contributed by atoms with Crippen molar-refractivity contribution in [1.82, 2.24) is 5.06 Å². The summed E-state index contributed by atoms with van der Waals surface area (Å²) in [5.74, 6) is -0.714. The van der Waals surface area contributed by atoms with E-state index in [2.05, 4.69) is 0 Å². The molecule has 1 aromatic rings. The van der Waals surface area contributed by atoms with Gasteiger partial charge in [0.05, 0.1) is 17.9 Å². The van der Waals surface area contributed by atoms with Crippen molar-refractivity contribution in [3.63, 3.8) is 0 Å². The Morgan fingerprint density at radius 1 is 1.24 bits per heavy atom. The van der Waals surface area contributed by atoms with Gasteiger partial charge < -0.3 is 9.47 Å². The smallest absolute Gasteiger partial charge is 0.326 e. The van der Waals surface area contributed by atoms with Gasteiger partial charge in [-0.25, -0.2) is 0 Å². The van der Waals surface area contributed by atoms with Crippen LogP contribution < -0.4 is 0 Å². The van der Waals surface area contributed by atoms with Crippen LogP contribution in [0.2, 0.25) is 0 Å². The van der Waals surface area contributed by atoms with Crippen molar-refractivity contribution < 1.29 is 23.9 Å². The lowest BCUT2D eigenvalue weighted by atomic mass is 9.92. The second-order valence-electron chi connectivity index (χ2n) is 7.72. The summed E-state index contributed by atoms with van der Waals surface area (Å²) < 4.78 is 10.8. The third-order valence-corrected chi connectivity index (χ3v) is 4.63. The Hall–Kier alpha value is -1.92. The molecular weight excluding hydrogens is 322 g/mol. The molecule has 0 spiro atoms. The molecule has 1 aromatic carbocycles. The lowest BCUT2D eigenvalue weighted by Crippen LogP contribution is -2.35. The molecule has 6 heteroatoms. The van der Waals surface area contributed by atoms with Crippen molar-refractivity contribution in [2.24, 2.45) is 11.3 Å². The van der Waals surface area contributed by atoms with Gasteiger partial charge in [-0.2, -0.15) is 5.06 Å². The molecule has 2 aliphatic heterocycles. The molecule has 2 heterocycles.